The van der Waals surface area contributed by atoms with Crippen molar-refractivity contribution >= 4 is 17.3 Å². The SMILES string of the molecule is COC(=S)CCCc1nnnn1C. The van der Waals surface area contributed by atoms with Gasteiger partial charge in [0.1, 0.15) is 0 Å². The molecule has 0 atom stereocenters. The Kier molecular flexibility index (Phi) is 3.75. The van der Waals surface area contributed by atoms with Crippen molar-refractivity contribution < 1.29 is 4.74 Å². The Morgan fingerprint density at radius 2 is 2.38 bits per heavy atom. The van der Waals surface area contributed by atoms with E-state index < -0.39 is 0 Å². The highest BCUT2D eigenvalue weighted by Gasteiger charge is 2.02. The van der Waals surface area contributed by atoms with Gasteiger partial charge in [-0.2, -0.15) is 0 Å². The molecule has 1 aromatic rings. The summed E-state index contributed by atoms with van der Waals surface area (Å²) in [6.45, 7) is 0. The molecule has 0 bridgehead atoms. The fourth-order valence-corrected chi connectivity index (χ4v) is 1.10. The number of nitrogens with zero attached hydrogens (tertiary/aromatic N) is 4. The predicted octanol–water partition coefficient (Wildman–Crippen LogP) is 0.507. The lowest BCUT2D eigenvalue weighted by Crippen LogP contribution is -2.02. The van der Waals surface area contributed by atoms with Crippen LogP contribution in [0, 0.1) is 0 Å². The van der Waals surface area contributed by atoms with Crippen molar-refractivity contribution in [1.82, 2.24) is 20.2 Å². The van der Waals surface area contributed by atoms with Crippen LogP contribution in [-0.4, -0.2) is 32.4 Å². The van der Waals surface area contributed by atoms with Crippen LogP contribution in [0.25, 0.3) is 0 Å². The van der Waals surface area contributed by atoms with Crippen molar-refractivity contribution in [2.75, 3.05) is 7.11 Å². The van der Waals surface area contributed by atoms with Gasteiger partial charge < -0.3 is 4.74 Å². The van der Waals surface area contributed by atoms with E-state index in [9.17, 15) is 0 Å². The van der Waals surface area contributed by atoms with Crippen LogP contribution in [-0.2, 0) is 18.2 Å². The van der Waals surface area contributed by atoms with E-state index in [2.05, 4.69) is 15.5 Å². The maximum atomic E-state index is 4.90. The topological polar surface area (TPSA) is 52.8 Å². The summed E-state index contributed by atoms with van der Waals surface area (Å²) < 4.78 is 6.54. The van der Waals surface area contributed by atoms with Crippen LogP contribution >= 0.6 is 12.2 Å². The van der Waals surface area contributed by atoms with Crippen LogP contribution in [0.5, 0.6) is 0 Å². The summed E-state index contributed by atoms with van der Waals surface area (Å²) in [6.07, 6.45) is 2.52. The number of hydrogen-bond acceptors (Lipinski definition) is 5. The summed E-state index contributed by atoms with van der Waals surface area (Å²) in [5.74, 6) is 0.874. The Hall–Kier alpha value is -1.04. The molecule has 0 saturated heterocycles. The lowest BCUT2D eigenvalue weighted by atomic mass is 10.2. The molecular formula is C7H12N4OS. The third kappa shape index (κ3) is 3.06. The van der Waals surface area contributed by atoms with E-state index in [0.29, 0.717) is 5.05 Å². The summed E-state index contributed by atoms with van der Waals surface area (Å²) in [4.78, 5) is 0. The standard InChI is InChI=1S/C7H12N4OS/c1-11-6(8-9-10-11)4-3-5-7(13)12-2/h3-5H2,1-2H3. The second-order valence-corrected chi connectivity index (χ2v) is 3.10. The molecule has 72 valence electrons. The van der Waals surface area contributed by atoms with Crippen molar-refractivity contribution in [1.29, 1.82) is 0 Å². The fourth-order valence-electron chi connectivity index (χ4n) is 0.953. The van der Waals surface area contributed by atoms with Crippen LogP contribution in [0.1, 0.15) is 18.7 Å². The summed E-state index contributed by atoms with van der Waals surface area (Å²) in [6, 6.07) is 0. The van der Waals surface area contributed by atoms with Gasteiger partial charge in [-0.1, -0.05) is 0 Å². The number of aryl methyl sites for hydroxylation is 2. The van der Waals surface area contributed by atoms with E-state index in [4.69, 9.17) is 17.0 Å². The molecule has 0 amide bonds. The second kappa shape index (κ2) is 4.86. The zero-order chi connectivity index (χ0) is 9.68. The molecule has 1 aromatic heterocycles. The Morgan fingerprint density at radius 3 is 2.92 bits per heavy atom. The first-order valence-electron chi connectivity index (χ1n) is 4.02. The smallest absolute Gasteiger partial charge is 0.159 e. The molecule has 0 N–H and O–H groups in total. The van der Waals surface area contributed by atoms with Crippen molar-refractivity contribution in [3.63, 3.8) is 0 Å². The molecule has 6 heteroatoms. The number of aromatic nitrogens is 4. The molecule has 1 rings (SSSR count). The average Bonchev–Trinajstić information content (AvgIpc) is 2.52. The average molecular weight is 200 g/mol. The minimum Gasteiger partial charge on any atom is -0.490 e. The number of methoxy groups -OCH3 is 1. The van der Waals surface area contributed by atoms with Crippen molar-refractivity contribution in [2.45, 2.75) is 19.3 Å². The Morgan fingerprint density at radius 1 is 1.62 bits per heavy atom. The number of thiocarbonyl (C=S) groups is 1. The second-order valence-electron chi connectivity index (χ2n) is 2.65. The van der Waals surface area contributed by atoms with Gasteiger partial charge in [-0.05, 0) is 29.1 Å². The van der Waals surface area contributed by atoms with Gasteiger partial charge in [0, 0.05) is 19.9 Å². The molecular weight excluding hydrogens is 188 g/mol. The van der Waals surface area contributed by atoms with Gasteiger partial charge in [0.25, 0.3) is 0 Å². The monoisotopic (exact) mass is 200 g/mol. The molecule has 0 unspecified atom stereocenters. The molecule has 1 heterocycles. The summed E-state index contributed by atoms with van der Waals surface area (Å²) in [5, 5.41) is 11.8. The van der Waals surface area contributed by atoms with Gasteiger partial charge in [0.05, 0.1) is 7.11 Å². The zero-order valence-electron chi connectivity index (χ0n) is 7.73. The first-order valence-corrected chi connectivity index (χ1v) is 4.43. The molecule has 0 radical (unpaired) electrons. The summed E-state index contributed by atoms with van der Waals surface area (Å²) in [5.41, 5.74) is 0. The van der Waals surface area contributed by atoms with Crippen LogP contribution < -0.4 is 0 Å². The molecule has 13 heavy (non-hydrogen) atoms. The molecule has 0 aromatic carbocycles. The Labute approximate surface area is 82.1 Å². The van der Waals surface area contributed by atoms with Crippen LogP contribution in [0.4, 0.5) is 0 Å². The third-order valence-electron chi connectivity index (χ3n) is 1.72. The number of ether oxygens (including phenoxy) is 1. The molecule has 5 nitrogen and oxygen atoms in total. The van der Waals surface area contributed by atoms with Gasteiger partial charge in [-0.25, -0.2) is 4.68 Å². The first-order chi connectivity index (χ1) is 6.24. The van der Waals surface area contributed by atoms with E-state index in [1.807, 2.05) is 7.05 Å². The number of tetrazole rings is 1. The summed E-state index contributed by atoms with van der Waals surface area (Å²) in [7, 11) is 3.41. The lowest BCUT2D eigenvalue weighted by molar-refractivity contribution is 0.400. The molecule has 0 aliphatic rings. The minimum absolute atomic E-state index is 0.634. The van der Waals surface area contributed by atoms with Crippen LogP contribution in [0.3, 0.4) is 0 Å². The molecule has 0 aliphatic heterocycles. The van der Waals surface area contributed by atoms with Gasteiger partial charge in [-0.3, -0.25) is 0 Å². The normalized spacial score (nSPS) is 10.0. The van der Waals surface area contributed by atoms with Crippen LogP contribution in [0.15, 0.2) is 0 Å². The first kappa shape index (κ1) is 10.0. The highest BCUT2D eigenvalue weighted by atomic mass is 32.1. The number of rotatable bonds is 4. The quantitative estimate of drug-likeness (QED) is 0.663. The van der Waals surface area contributed by atoms with E-state index in [-0.39, 0.29) is 0 Å². The maximum absolute atomic E-state index is 4.90. The fraction of sp³-hybridized carbons (Fsp3) is 0.714. The van der Waals surface area contributed by atoms with Gasteiger partial charge in [0.2, 0.25) is 0 Å². The largest absolute Gasteiger partial charge is 0.490 e. The molecule has 0 fully saturated rings. The zero-order valence-corrected chi connectivity index (χ0v) is 8.54. The summed E-state index contributed by atoms with van der Waals surface area (Å²) >= 11 is 4.90. The number of hydrogen-bond donors (Lipinski definition) is 0. The van der Waals surface area contributed by atoms with E-state index in [0.717, 1.165) is 25.1 Å². The third-order valence-corrected chi connectivity index (χ3v) is 2.09. The highest BCUT2D eigenvalue weighted by molar-refractivity contribution is 7.80. The molecule has 0 aliphatic carbocycles. The van der Waals surface area contributed by atoms with Crippen molar-refractivity contribution in [3.05, 3.63) is 5.82 Å². The molecule has 0 spiro atoms. The highest BCUT2D eigenvalue weighted by Crippen LogP contribution is 2.00. The van der Waals surface area contributed by atoms with E-state index in [1.54, 1.807) is 11.8 Å². The van der Waals surface area contributed by atoms with Gasteiger partial charge >= 0.3 is 0 Å². The lowest BCUT2D eigenvalue weighted by Gasteiger charge is -2.00. The molecule has 0 saturated carbocycles. The van der Waals surface area contributed by atoms with Gasteiger partial charge in [0.15, 0.2) is 10.9 Å². The van der Waals surface area contributed by atoms with Gasteiger partial charge in [-0.15, -0.1) is 5.10 Å². The Bertz CT molecular complexity index is 286. The van der Waals surface area contributed by atoms with Crippen LogP contribution in [0.2, 0.25) is 0 Å². The predicted molar refractivity (Wildman–Crippen MR) is 51.3 cm³/mol. The van der Waals surface area contributed by atoms with Crippen molar-refractivity contribution in [2.24, 2.45) is 7.05 Å². The van der Waals surface area contributed by atoms with E-state index >= 15 is 0 Å². The maximum Gasteiger partial charge on any atom is 0.159 e. The minimum atomic E-state index is 0.634. The van der Waals surface area contributed by atoms with Crippen molar-refractivity contribution in [3.8, 4) is 0 Å². The Balaban J connectivity index is 2.28. The van der Waals surface area contributed by atoms with E-state index in [1.165, 1.54) is 0 Å².